The molecule has 0 radical (unpaired) electrons. The van der Waals surface area contributed by atoms with E-state index in [-0.39, 0.29) is 5.63 Å². The van der Waals surface area contributed by atoms with E-state index in [9.17, 15) is 4.79 Å². The lowest BCUT2D eigenvalue weighted by molar-refractivity contribution is 0.559. The molecule has 2 aromatic heterocycles. The summed E-state index contributed by atoms with van der Waals surface area (Å²) < 4.78 is 7.37. The molecule has 2 heterocycles. The predicted octanol–water partition coefficient (Wildman–Crippen LogP) is 5.41. The first-order valence-corrected chi connectivity index (χ1v) is 10.7. The summed E-state index contributed by atoms with van der Waals surface area (Å²) in [5.74, 6) is 1.38. The summed E-state index contributed by atoms with van der Waals surface area (Å²) in [6.07, 6.45) is 0.776. The van der Waals surface area contributed by atoms with Crippen LogP contribution >= 0.6 is 23.4 Å². The second-order valence-corrected chi connectivity index (χ2v) is 8.20. The van der Waals surface area contributed by atoms with Gasteiger partial charge < -0.3 is 8.98 Å². The van der Waals surface area contributed by atoms with Crippen molar-refractivity contribution in [3.8, 4) is 11.4 Å². The van der Waals surface area contributed by atoms with Crippen LogP contribution in [0.4, 0.5) is 0 Å². The molecule has 4 rings (SSSR count). The normalized spacial score (nSPS) is 11.3. The zero-order chi connectivity index (χ0) is 20.5. The second kappa shape index (κ2) is 8.05. The van der Waals surface area contributed by atoms with Gasteiger partial charge >= 0.3 is 5.63 Å². The largest absolute Gasteiger partial charge is 0.423 e. The van der Waals surface area contributed by atoms with Crippen molar-refractivity contribution in [1.29, 1.82) is 0 Å². The number of aromatic nitrogens is 3. The molecule has 0 aliphatic carbocycles. The Kier molecular flexibility index (Phi) is 5.48. The molecule has 0 fully saturated rings. The van der Waals surface area contributed by atoms with Crippen LogP contribution in [0.15, 0.2) is 56.8 Å². The molecule has 0 aliphatic rings. The molecule has 2 aromatic carbocycles. The van der Waals surface area contributed by atoms with E-state index < -0.39 is 0 Å². The molecule has 5 nitrogen and oxygen atoms in total. The van der Waals surface area contributed by atoms with E-state index in [1.54, 1.807) is 0 Å². The van der Waals surface area contributed by atoms with Crippen LogP contribution in [0.3, 0.4) is 0 Å². The second-order valence-electron chi connectivity index (χ2n) is 6.85. The fraction of sp³-hybridized carbons (Fsp3) is 0.227. The summed E-state index contributed by atoms with van der Waals surface area (Å²) in [5.41, 5.74) is 4.23. The van der Waals surface area contributed by atoms with Crippen LogP contribution in [0.25, 0.3) is 22.4 Å². The lowest BCUT2D eigenvalue weighted by atomic mass is 10.1. The molecular formula is C22H20ClN3O2S. The minimum Gasteiger partial charge on any atom is -0.423 e. The van der Waals surface area contributed by atoms with Crippen LogP contribution in [0.2, 0.25) is 5.02 Å². The Hall–Kier alpha value is -2.57. The Balaban J connectivity index is 1.67. The number of thioether (sulfide) groups is 1. The molecule has 0 aliphatic heterocycles. The monoisotopic (exact) mass is 425 g/mol. The van der Waals surface area contributed by atoms with Crippen molar-refractivity contribution in [2.45, 2.75) is 31.2 Å². The topological polar surface area (TPSA) is 60.9 Å². The van der Waals surface area contributed by atoms with Gasteiger partial charge in [0, 0.05) is 34.8 Å². The van der Waals surface area contributed by atoms with Crippen LogP contribution < -0.4 is 5.63 Å². The lowest BCUT2D eigenvalue weighted by Gasteiger charge is -2.09. The number of nitrogens with zero attached hydrogens (tertiary/aromatic N) is 3. The SMILES string of the molecule is CCc1cc2oc(=O)cc(CSc3nnc(-c4ccccc4C)n3C)c2cc1Cl. The fourth-order valence-corrected chi connectivity index (χ4v) is 4.52. The highest BCUT2D eigenvalue weighted by atomic mass is 35.5. The van der Waals surface area contributed by atoms with Crippen molar-refractivity contribution in [2.75, 3.05) is 0 Å². The first-order chi connectivity index (χ1) is 14.0. The quantitative estimate of drug-likeness (QED) is 0.316. The van der Waals surface area contributed by atoms with Crippen LogP contribution in [-0.4, -0.2) is 14.8 Å². The van der Waals surface area contributed by atoms with Crippen molar-refractivity contribution in [1.82, 2.24) is 14.8 Å². The molecule has 0 amide bonds. The smallest absolute Gasteiger partial charge is 0.336 e. The minimum absolute atomic E-state index is 0.365. The van der Waals surface area contributed by atoms with Crippen LogP contribution in [0, 0.1) is 6.92 Å². The molecular weight excluding hydrogens is 406 g/mol. The Morgan fingerprint density at radius 2 is 1.93 bits per heavy atom. The molecule has 29 heavy (non-hydrogen) atoms. The van der Waals surface area contributed by atoms with Crippen LogP contribution in [0.5, 0.6) is 0 Å². The zero-order valence-corrected chi connectivity index (χ0v) is 18.0. The molecule has 0 unspecified atom stereocenters. The van der Waals surface area contributed by atoms with Crippen molar-refractivity contribution in [3.63, 3.8) is 0 Å². The summed E-state index contributed by atoms with van der Waals surface area (Å²) in [5, 5.41) is 11.0. The predicted molar refractivity (Wildman–Crippen MR) is 118 cm³/mol. The van der Waals surface area contributed by atoms with Gasteiger partial charge in [-0.15, -0.1) is 10.2 Å². The van der Waals surface area contributed by atoms with Gasteiger partial charge in [-0.3, -0.25) is 0 Å². The number of rotatable bonds is 5. The Morgan fingerprint density at radius 3 is 2.69 bits per heavy atom. The Morgan fingerprint density at radius 1 is 1.14 bits per heavy atom. The van der Waals surface area contributed by atoms with Gasteiger partial charge in [-0.05, 0) is 42.2 Å². The van der Waals surface area contributed by atoms with E-state index in [4.69, 9.17) is 16.0 Å². The maximum Gasteiger partial charge on any atom is 0.336 e. The molecule has 0 spiro atoms. The van der Waals surface area contributed by atoms with E-state index in [0.717, 1.165) is 45.0 Å². The fourth-order valence-electron chi connectivity index (χ4n) is 3.32. The number of aryl methyl sites for hydroxylation is 2. The Bertz CT molecular complexity index is 1260. The lowest BCUT2D eigenvalue weighted by Crippen LogP contribution is -2.01. The van der Waals surface area contributed by atoms with Crippen molar-refractivity contribution in [3.05, 3.63) is 74.6 Å². The molecule has 0 saturated heterocycles. The molecule has 7 heteroatoms. The highest BCUT2D eigenvalue weighted by Crippen LogP contribution is 2.31. The van der Waals surface area contributed by atoms with Gasteiger partial charge in [-0.1, -0.05) is 54.6 Å². The highest BCUT2D eigenvalue weighted by Gasteiger charge is 2.15. The van der Waals surface area contributed by atoms with Gasteiger partial charge in [0.05, 0.1) is 0 Å². The van der Waals surface area contributed by atoms with Crippen molar-refractivity contribution < 1.29 is 4.42 Å². The molecule has 0 saturated carbocycles. The number of halogens is 1. The maximum absolute atomic E-state index is 12.1. The summed E-state index contributed by atoms with van der Waals surface area (Å²) in [6.45, 7) is 4.07. The maximum atomic E-state index is 12.1. The number of benzene rings is 2. The summed E-state index contributed by atoms with van der Waals surface area (Å²) >= 11 is 7.92. The third-order valence-corrected chi connectivity index (χ3v) is 6.38. The van der Waals surface area contributed by atoms with Gasteiger partial charge in [0.25, 0.3) is 0 Å². The van der Waals surface area contributed by atoms with Gasteiger partial charge in [0.15, 0.2) is 11.0 Å². The standard InChI is InChI=1S/C22H20ClN3O2S/c1-4-14-9-19-17(11-18(14)23)15(10-20(27)28-19)12-29-22-25-24-21(26(22)3)16-8-6-5-7-13(16)2/h5-11H,4,12H2,1-3H3. The Labute approximate surface area is 177 Å². The highest BCUT2D eigenvalue weighted by molar-refractivity contribution is 7.98. The van der Waals surface area contributed by atoms with Gasteiger partial charge in [0.1, 0.15) is 5.58 Å². The van der Waals surface area contributed by atoms with Crippen molar-refractivity contribution in [2.24, 2.45) is 7.05 Å². The summed E-state index contributed by atoms with van der Waals surface area (Å²) in [6, 6.07) is 13.4. The van der Waals surface area contributed by atoms with Crippen LogP contribution in [-0.2, 0) is 19.2 Å². The minimum atomic E-state index is -0.365. The molecule has 4 aromatic rings. The van der Waals surface area contributed by atoms with Gasteiger partial charge in [0.2, 0.25) is 0 Å². The first kappa shape index (κ1) is 19.7. The summed E-state index contributed by atoms with van der Waals surface area (Å²) in [4.78, 5) is 12.1. The first-order valence-electron chi connectivity index (χ1n) is 9.31. The number of fused-ring (bicyclic) bond motifs is 1. The van der Waals surface area contributed by atoms with Crippen LogP contribution in [0.1, 0.15) is 23.6 Å². The van der Waals surface area contributed by atoms with E-state index in [1.165, 1.54) is 17.8 Å². The summed E-state index contributed by atoms with van der Waals surface area (Å²) in [7, 11) is 1.95. The number of hydrogen-bond donors (Lipinski definition) is 0. The number of hydrogen-bond acceptors (Lipinski definition) is 5. The molecule has 0 atom stereocenters. The molecule has 0 bridgehead atoms. The zero-order valence-electron chi connectivity index (χ0n) is 16.4. The van der Waals surface area contributed by atoms with Gasteiger partial charge in [-0.2, -0.15) is 0 Å². The third-order valence-electron chi connectivity index (χ3n) is 4.96. The average Bonchev–Trinajstić information content (AvgIpc) is 3.06. The van der Waals surface area contributed by atoms with Crippen molar-refractivity contribution >= 4 is 34.3 Å². The molecule has 148 valence electrons. The van der Waals surface area contributed by atoms with Gasteiger partial charge in [-0.25, -0.2) is 4.79 Å². The average molecular weight is 426 g/mol. The van der Waals surface area contributed by atoms with E-state index >= 15 is 0 Å². The molecule has 0 N–H and O–H groups in total. The van der Waals surface area contributed by atoms with E-state index in [2.05, 4.69) is 23.2 Å². The van der Waals surface area contributed by atoms with E-state index in [0.29, 0.717) is 16.4 Å². The third kappa shape index (κ3) is 3.82. The van der Waals surface area contributed by atoms with E-state index in [1.807, 2.05) is 48.9 Å².